The van der Waals surface area contributed by atoms with Gasteiger partial charge in [-0.25, -0.2) is 9.78 Å². The van der Waals surface area contributed by atoms with E-state index < -0.39 is 10.9 Å². The molecule has 4 rings (SSSR count). The van der Waals surface area contributed by atoms with E-state index in [2.05, 4.69) is 10.1 Å². The zero-order valence-corrected chi connectivity index (χ0v) is 18.7. The van der Waals surface area contributed by atoms with Gasteiger partial charge in [0.15, 0.2) is 0 Å². The van der Waals surface area contributed by atoms with E-state index in [0.717, 1.165) is 11.1 Å². The topological polar surface area (TPSA) is 126 Å². The molecule has 0 aliphatic carbocycles. The molecule has 9 nitrogen and oxygen atoms in total. The van der Waals surface area contributed by atoms with Crippen molar-refractivity contribution in [2.45, 2.75) is 20.8 Å². The van der Waals surface area contributed by atoms with Crippen LogP contribution in [0, 0.1) is 24.0 Å². The number of nitro benzene ring substituents is 1. The second-order valence-electron chi connectivity index (χ2n) is 7.49. The Hall–Kier alpha value is -4.18. The number of hydrogen-bond acceptors (Lipinski definition) is 7. The van der Waals surface area contributed by atoms with Crippen LogP contribution >= 0.6 is 11.3 Å². The molecule has 0 unspecified atom stereocenters. The number of amides is 1. The number of aromatic carboxylic acids is 1. The molecule has 0 saturated heterocycles. The number of rotatable bonds is 5. The molecular formula is C23H18N4O5S. The number of anilines is 1. The van der Waals surface area contributed by atoms with Crippen molar-refractivity contribution >= 4 is 46.4 Å². The summed E-state index contributed by atoms with van der Waals surface area (Å²) in [4.78, 5) is 40.1. The van der Waals surface area contributed by atoms with E-state index in [0.29, 0.717) is 32.4 Å². The van der Waals surface area contributed by atoms with Crippen LogP contribution in [0.25, 0.3) is 16.6 Å². The second kappa shape index (κ2) is 8.40. The summed E-state index contributed by atoms with van der Waals surface area (Å²) in [5, 5.41) is 26.6. The highest BCUT2D eigenvalue weighted by atomic mass is 32.1. The van der Waals surface area contributed by atoms with Crippen molar-refractivity contribution < 1.29 is 19.6 Å². The fourth-order valence-electron chi connectivity index (χ4n) is 3.35. The normalized spacial score (nSPS) is 14.6. The fraction of sp³-hybridized carbons (Fsp3) is 0.130. The number of nitro groups is 1. The van der Waals surface area contributed by atoms with Crippen molar-refractivity contribution in [3.05, 3.63) is 79.8 Å². The Labute approximate surface area is 192 Å². The van der Waals surface area contributed by atoms with E-state index in [1.165, 1.54) is 46.7 Å². The molecule has 0 radical (unpaired) electrons. The number of benzene rings is 2. The molecule has 3 aromatic rings. The number of aryl methyl sites for hydroxylation is 2. The van der Waals surface area contributed by atoms with Gasteiger partial charge in [0.2, 0.25) is 0 Å². The van der Waals surface area contributed by atoms with Crippen molar-refractivity contribution in [1.82, 2.24) is 4.98 Å². The quantitative estimate of drug-likeness (QED) is 0.328. The maximum Gasteiger partial charge on any atom is 0.335 e. The number of carbonyl (C=O) groups excluding carboxylic acids is 1. The average molecular weight is 462 g/mol. The van der Waals surface area contributed by atoms with Crippen molar-refractivity contribution in [1.29, 1.82) is 0 Å². The van der Waals surface area contributed by atoms with Gasteiger partial charge in [-0.1, -0.05) is 0 Å². The molecule has 33 heavy (non-hydrogen) atoms. The lowest BCUT2D eigenvalue weighted by atomic mass is 10.0. The van der Waals surface area contributed by atoms with E-state index in [1.807, 2.05) is 13.8 Å². The van der Waals surface area contributed by atoms with Gasteiger partial charge in [-0.3, -0.25) is 14.9 Å². The molecule has 166 valence electrons. The van der Waals surface area contributed by atoms with Crippen molar-refractivity contribution in [2.24, 2.45) is 5.10 Å². The third kappa shape index (κ3) is 4.15. The standard InChI is InChI=1S/C23H18N4O5S/c1-12-8-19(20(27(31)32)9-13(12)2)21-24-11-17(33-21)10-18-14(3)25-26(22(18)28)16-6-4-15(5-7-16)23(29)30/h4-11H,1-3H3,(H,29,30)/b18-10-. The lowest BCUT2D eigenvalue weighted by Gasteiger charge is -2.11. The zero-order valence-electron chi connectivity index (χ0n) is 17.9. The number of carbonyl (C=O) groups is 2. The largest absolute Gasteiger partial charge is 0.478 e. The third-order valence-electron chi connectivity index (χ3n) is 5.27. The molecule has 1 aromatic heterocycles. The summed E-state index contributed by atoms with van der Waals surface area (Å²) in [6, 6.07) is 9.14. The van der Waals surface area contributed by atoms with Crippen molar-refractivity contribution in [3.8, 4) is 10.6 Å². The maximum absolute atomic E-state index is 13.0. The first-order valence-corrected chi connectivity index (χ1v) is 10.6. The van der Waals surface area contributed by atoms with Crippen molar-refractivity contribution in [3.63, 3.8) is 0 Å². The molecule has 0 saturated carbocycles. The van der Waals surface area contributed by atoms with Gasteiger partial charge in [0.25, 0.3) is 11.6 Å². The minimum Gasteiger partial charge on any atom is -0.478 e. The molecule has 1 aliphatic heterocycles. The van der Waals surface area contributed by atoms with Gasteiger partial charge in [0, 0.05) is 17.1 Å². The Morgan fingerprint density at radius 1 is 1.15 bits per heavy atom. The lowest BCUT2D eigenvalue weighted by Crippen LogP contribution is -2.21. The number of carboxylic acids is 1. The molecule has 0 fully saturated rings. The van der Waals surface area contributed by atoms with Crippen LogP contribution in [0.4, 0.5) is 11.4 Å². The summed E-state index contributed by atoms with van der Waals surface area (Å²) in [5.74, 6) is -1.41. The molecule has 1 amide bonds. The molecule has 2 aromatic carbocycles. The lowest BCUT2D eigenvalue weighted by molar-refractivity contribution is -0.384. The molecule has 0 atom stereocenters. The summed E-state index contributed by atoms with van der Waals surface area (Å²) in [5.41, 5.74) is 3.58. The number of nitrogens with zero attached hydrogens (tertiary/aromatic N) is 4. The first-order valence-electron chi connectivity index (χ1n) is 9.82. The summed E-state index contributed by atoms with van der Waals surface area (Å²) in [6.07, 6.45) is 3.22. The second-order valence-corrected chi connectivity index (χ2v) is 8.55. The minimum atomic E-state index is -1.06. The first-order chi connectivity index (χ1) is 15.7. The molecule has 1 N–H and O–H groups in total. The SMILES string of the molecule is CC1=NN(c2ccc(C(=O)O)cc2)C(=O)/C1=C\c1cnc(-c2cc(C)c(C)cc2[N+](=O)[O-])s1. The number of carboxylic acid groups (broad SMARTS) is 1. The van der Waals surface area contributed by atoms with Gasteiger partial charge in [-0.2, -0.15) is 10.1 Å². The van der Waals surface area contributed by atoms with E-state index in [9.17, 15) is 19.7 Å². The molecule has 1 aliphatic rings. The summed E-state index contributed by atoms with van der Waals surface area (Å²) in [6.45, 7) is 5.40. The summed E-state index contributed by atoms with van der Waals surface area (Å²) >= 11 is 1.24. The van der Waals surface area contributed by atoms with Gasteiger partial charge < -0.3 is 5.11 Å². The van der Waals surface area contributed by atoms with Gasteiger partial charge in [0.1, 0.15) is 5.01 Å². The average Bonchev–Trinajstić information content (AvgIpc) is 3.35. The third-order valence-corrected chi connectivity index (χ3v) is 6.25. The molecule has 2 heterocycles. The summed E-state index contributed by atoms with van der Waals surface area (Å²) < 4.78 is 0. The fourth-order valence-corrected chi connectivity index (χ4v) is 4.23. The van der Waals surface area contributed by atoms with E-state index in [-0.39, 0.29) is 17.2 Å². The Kier molecular flexibility index (Phi) is 5.60. The summed E-state index contributed by atoms with van der Waals surface area (Å²) in [7, 11) is 0. The molecular weight excluding hydrogens is 444 g/mol. The number of hydrogen-bond donors (Lipinski definition) is 1. The monoisotopic (exact) mass is 462 g/mol. The van der Waals surface area contributed by atoms with Gasteiger partial charge in [-0.05, 0) is 68.3 Å². The van der Waals surface area contributed by atoms with Crippen LogP contribution in [-0.2, 0) is 4.79 Å². The van der Waals surface area contributed by atoms with Crippen LogP contribution in [0.5, 0.6) is 0 Å². The van der Waals surface area contributed by atoms with E-state index >= 15 is 0 Å². The van der Waals surface area contributed by atoms with E-state index in [4.69, 9.17) is 5.11 Å². The Bertz CT molecular complexity index is 1370. The van der Waals surface area contributed by atoms with Gasteiger partial charge in [0.05, 0.1) is 33.0 Å². The minimum absolute atomic E-state index is 0.0164. The highest BCUT2D eigenvalue weighted by molar-refractivity contribution is 7.16. The highest BCUT2D eigenvalue weighted by Crippen LogP contribution is 2.36. The predicted molar refractivity (Wildman–Crippen MR) is 126 cm³/mol. The predicted octanol–water partition coefficient (Wildman–Crippen LogP) is 4.84. The zero-order chi connectivity index (χ0) is 23.9. The highest BCUT2D eigenvalue weighted by Gasteiger charge is 2.29. The molecule has 10 heteroatoms. The number of aromatic nitrogens is 1. The Morgan fingerprint density at radius 3 is 2.45 bits per heavy atom. The van der Waals surface area contributed by atoms with Gasteiger partial charge >= 0.3 is 5.97 Å². The van der Waals surface area contributed by atoms with Crippen LogP contribution in [0.15, 0.2) is 53.3 Å². The molecule has 0 spiro atoms. The Morgan fingerprint density at radius 2 is 1.82 bits per heavy atom. The maximum atomic E-state index is 13.0. The van der Waals surface area contributed by atoms with Crippen LogP contribution in [0.2, 0.25) is 0 Å². The Balaban J connectivity index is 1.65. The van der Waals surface area contributed by atoms with Crippen LogP contribution in [0.3, 0.4) is 0 Å². The first kappa shape index (κ1) is 22.0. The van der Waals surface area contributed by atoms with E-state index in [1.54, 1.807) is 25.3 Å². The number of thiazole rings is 1. The van der Waals surface area contributed by atoms with Crippen LogP contribution in [-0.4, -0.2) is 32.6 Å². The van der Waals surface area contributed by atoms with Crippen LogP contribution < -0.4 is 5.01 Å². The smallest absolute Gasteiger partial charge is 0.335 e. The van der Waals surface area contributed by atoms with Crippen molar-refractivity contribution in [2.75, 3.05) is 5.01 Å². The number of hydrazone groups is 1. The van der Waals surface area contributed by atoms with Crippen LogP contribution in [0.1, 0.15) is 33.3 Å². The van der Waals surface area contributed by atoms with Gasteiger partial charge in [-0.15, -0.1) is 11.3 Å². The molecule has 0 bridgehead atoms.